The van der Waals surface area contributed by atoms with E-state index >= 15 is 0 Å². The highest BCUT2D eigenvalue weighted by molar-refractivity contribution is 5.91. The van der Waals surface area contributed by atoms with Crippen LogP contribution in [-0.4, -0.2) is 41.5 Å². The highest BCUT2D eigenvalue weighted by Gasteiger charge is 2.24. The van der Waals surface area contributed by atoms with Crippen LogP contribution in [0.25, 0.3) is 0 Å². The first-order valence-corrected chi connectivity index (χ1v) is 8.39. The van der Waals surface area contributed by atoms with Crippen LogP contribution < -0.4 is 10.1 Å². The van der Waals surface area contributed by atoms with Gasteiger partial charge in [0, 0.05) is 37.9 Å². The summed E-state index contributed by atoms with van der Waals surface area (Å²) in [7, 11) is 0. The zero-order valence-corrected chi connectivity index (χ0v) is 13.9. The van der Waals surface area contributed by atoms with Crippen molar-refractivity contribution in [2.24, 2.45) is 0 Å². The van der Waals surface area contributed by atoms with Crippen LogP contribution >= 0.6 is 0 Å². The molecule has 0 bridgehead atoms. The molecule has 1 aliphatic rings. The van der Waals surface area contributed by atoms with Gasteiger partial charge < -0.3 is 14.5 Å². The number of hydrogen-bond donors (Lipinski definition) is 1. The Bertz CT molecular complexity index is 640. The Balaban J connectivity index is 1.46. The Kier molecular flexibility index (Phi) is 5.48. The molecule has 128 valence electrons. The van der Waals surface area contributed by atoms with Crippen molar-refractivity contribution in [3.05, 3.63) is 48.0 Å². The van der Waals surface area contributed by atoms with Gasteiger partial charge in [-0.3, -0.25) is 9.69 Å². The molecular formula is C18H23N3O3. The van der Waals surface area contributed by atoms with Gasteiger partial charge >= 0.3 is 0 Å². The normalized spacial score (nSPS) is 17.8. The first-order chi connectivity index (χ1) is 11.7. The van der Waals surface area contributed by atoms with Crippen LogP contribution in [0.5, 0.6) is 5.88 Å². The van der Waals surface area contributed by atoms with Gasteiger partial charge in [0.15, 0.2) is 5.76 Å². The maximum absolute atomic E-state index is 12.0. The van der Waals surface area contributed by atoms with Crippen LogP contribution in [0.15, 0.2) is 41.1 Å². The molecule has 6 heteroatoms. The van der Waals surface area contributed by atoms with Gasteiger partial charge in [-0.2, -0.15) is 0 Å². The van der Waals surface area contributed by atoms with Crippen molar-refractivity contribution in [2.45, 2.75) is 32.4 Å². The van der Waals surface area contributed by atoms with Crippen molar-refractivity contribution < 1.29 is 13.9 Å². The van der Waals surface area contributed by atoms with Gasteiger partial charge in [-0.05, 0) is 30.5 Å². The Morgan fingerprint density at radius 3 is 3.08 bits per heavy atom. The van der Waals surface area contributed by atoms with E-state index in [9.17, 15) is 4.79 Å². The number of pyridine rings is 1. The molecule has 24 heavy (non-hydrogen) atoms. The number of carbonyl (C=O) groups excluding carboxylic acids is 1. The van der Waals surface area contributed by atoms with Gasteiger partial charge in [0.1, 0.15) is 0 Å². The lowest BCUT2D eigenvalue weighted by Gasteiger charge is -2.16. The molecule has 0 aliphatic carbocycles. The molecule has 1 aliphatic heterocycles. The summed E-state index contributed by atoms with van der Waals surface area (Å²) in [5.41, 5.74) is 1.15. The van der Waals surface area contributed by atoms with Gasteiger partial charge in [-0.25, -0.2) is 4.98 Å². The van der Waals surface area contributed by atoms with E-state index in [1.165, 1.54) is 6.26 Å². The van der Waals surface area contributed by atoms with Crippen LogP contribution in [0, 0.1) is 0 Å². The van der Waals surface area contributed by atoms with E-state index in [4.69, 9.17) is 9.15 Å². The van der Waals surface area contributed by atoms with Crippen molar-refractivity contribution in [3.63, 3.8) is 0 Å². The fraction of sp³-hybridized carbons (Fsp3) is 0.444. The molecule has 0 spiro atoms. The Morgan fingerprint density at radius 2 is 2.38 bits per heavy atom. The third kappa shape index (κ3) is 4.35. The molecule has 0 unspecified atom stereocenters. The third-order valence-electron chi connectivity index (χ3n) is 4.01. The minimum Gasteiger partial charge on any atom is -0.478 e. The SMILES string of the molecule is CCCOc1ccc(CN2CC[C@H](NC(=O)c3ccco3)C2)cn1. The van der Waals surface area contributed by atoms with Gasteiger partial charge in [-0.1, -0.05) is 13.0 Å². The van der Waals surface area contributed by atoms with Crippen LogP contribution in [0.3, 0.4) is 0 Å². The molecule has 1 amide bonds. The number of carbonyl (C=O) groups is 1. The largest absolute Gasteiger partial charge is 0.478 e. The lowest BCUT2D eigenvalue weighted by Crippen LogP contribution is -2.36. The van der Waals surface area contributed by atoms with Crippen molar-refractivity contribution in [1.29, 1.82) is 0 Å². The summed E-state index contributed by atoms with van der Waals surface area (Å²) in [6.07, 6.45) is 5.29. The summed E-state index contributed by atoms with van der Waals surface area (Å²) >= 11 is 0. The van der Waals surface area contributed by atoms with Crippen molar-refractivity contribution in [1.82, 2.24) is 15.2 Å². The summed E-state index contributed by atoms with van der Waals surface area (Å²) in [4.78, 5) is 18.6. The van der Waals surface area contributed by atoms with E-state index in [0.717, 1.165) is 38.0 Å². The zero-order valence-electron chi connectivity index (χ0n) is 13.9. The highest BCUT2D eigenvalue weighted by Crippen LogP contribution is 2.15. The van der Waals surface area contributed by atoms with Crippen LogP contribution in [-0.2, 0) is 6.54 Å². The number of ether oxygens (including phenoxy) is 1. The number of likely N-dealkylation sites (tertiary alicyclic amines) is 1. The van der Waals surface area contributed by atoms with Crippen LogP contribution in [0.1, 0.15) is 35.9 Å². The first-order valence-electron chi connectivity index (χ1n) is 8.39. The quantitative estimate of drug-likeness (QED) is 0.845. The van der Waals surface area contributed by atoms with Crippen LogP contribution in [0.4, 0.5) is 0 Å². The summed E-state index contributed by atoms with van der Waals surface area (Å²) < 4.78 is 10.6. The van der Waals surface area contributed by atoms with E-state index in [0.29, 0.717) is 18.2 Å². The van der Waals surface area contributed by atoms with Gasteiger partial charge in [0.2, 0.25) is 5.88 Å². The second-order valence-electron chi connectivity index (χ2n) is 6.02. The standard InChI is InChI=1S/C18H23N3O3/c1-2-9-24-17-6-5-14(11-19-17)12-21-8-7-15(13-21)20-18(22)16-4-3-10-23-16/h3-6,10-11,15H,2,7-9,12-13H2,1H3,(H,20,22)/t15-/m0/s1. The monoisotopic (exact) mass is 329 g/mol. The first kappa shape index (κ1) is 16.5. The van der Waals surface area contributed by atoms with Gasteiger partial charge in [0.25, 0.3) is 5.91 Å². The topological polar surface area (TPSA) is 67.6 Å². The smallest absolute Gasteiger partial charge is 0.287 e. The average Bonchev–Trinajstić information content (AvgIpc) is 3.26. The van der Waals surface area contributed by atoms with Gasteiger partial charge in [-0.15, -0.1) is 0 Å². The molecule has 1 N–H and O–H groups in total. The number of amides is 1. The minimum absolute atomic E-state index is 0.147. The summed E-state index contributed by atoms with van der Waals surface area (Å²) in [5, 5.41) is 3.02. The summed E-state index contributed by atoms with van der Waals surface area (Å²) in [6.45, 7) is 5.38. The molecular weight excluding hydrogens is 306 g/mol. The van der Waals surface area contributed by atoms with E-state index in [2.05, 4.69) is 22.1 Å². The summed E-state index contributed by atoms with van der Waals surface area (Å²) in [5.74, 6) is 0.886. The molecule has 0 radical (unpaired) electrons. The minimum atomic E-state index is -0.147. The fourth-order valence-corrected chi connectivity index (χ4v) is 2.81. The fourth-order valence-electron chi connectivity index (χ4n) is 2.81. The number of nitrogens with zero attached hydrogens (tertiary/aromatic N) is 2. The molecule has 0 aromatic carbocycles. The van der Waals surface area contributed by atoms with Gasteiger partial charge in [0.05, 0.1) is 12.9 Å². The lowest BCUT2D eigenvalue weighted by molar-refractivity contribution is 0.0909. The predicted octanol–water partition coefficient (Wildman–Crippen LogP) is 2.47. The Hall–Kier alpha value is -2.34. The van der Waals surface area contributed by atoms with E-state index in [1.54, 1.807) is 12.1 Å². The molecule has 3 heterocycles. The van der Waals surface area contributed by atoms with E-state index in [1.807, 2.05) is 18.3 Å². The zero-order chi connectivity index (χ0) is 16.8. The number of nitrogens with one attached hydrogen (secondary N) is 1. The van der Waals surface area contributed by atoms with Crippen LogP contribution in [0.2, 0.25) is 0 Å². The molecule has 0 saturated carbocycles. The Labute approximate surface area is 141 Å². The second-order valence-corrected chi connectivity index (χ2v) is 6.02. The molecule has 3 rings (SSSR count). The maximum Gasteiger partial charge on any atom is 0.287 e. The highest BCUT2D eigenvalue weighted by atomic mass is 16.5. The maximum atomic E-state index is 12.0. The molecule has 1 saturated heterocycles. The lowest BCUT2D eigenvalue weighted by atomic mass is 10.2. The predicted molar refractivity (Wildman–Crippen MR) is 89.9 cm³/mol. The Morgan fingerprint density at radius 1 is 1.46 bits per heavy atom. The molecule has 1 atom stereocenters. The number of rotatable bonds is 7. The number of aromatic nitrogens is 1. The molecule has 2 aromatic rings. The third-order valence-corrected chi connectivity index (χ3v) is 4.01. The second kappa shape index (κ2) is 7.97. The van der Waals surface area contributed by atoms with Crippen molar-refractivity contribution in [2.75, 3.05) is 19.7 Å². The van der Waals surface area contributed by atoms with Crippen molar-refractivity contribution >= 4 is 5.91 Å². The number of furan rings is 1. The molecule has 2 aromatic heterocycles. The molecule has 6 nitrogen and oxygen atoms in total. The average molecular weight is 329 g/mol. The molecule has 1 fully saturated rings. The van der Waals surface area contributed by atoms with E-state index in [-0.39, 0.29) is 11.9 Å². The number of hydrogen-bond acceptors (Lipinski definition) is 5. The van der Waals surface area contributed by atoms with E-state index < -0.39 is 0 Å². The van der Waals surface area contributed by atoms with Crippen molar-refractivity contribution in [3.8, 4) is 5.88 Å². The summed E-state index contributed by atoms with van der Waals surface area (Å²) in [6, 6.07) is 7.51.